The van der Waals surface area contributed by atoms with Crippen LogP contribution in [-0.2, 0) is 4.74 Å². The third-order valence-electron chi connectivity index (χ3n) is 3.35. The maximum Gasteiger partial charge on any atom is 0.0615 e. The summed E-state index contributed by atoms with van der Waals surface area (Å²) >= 11 is 0. The zero-order chi connectivity index (χ0) is 13.2. The Balaban J connectivity index is 2.65. The molecule has 2 heteroatoms. The highest BCUT2D eigenvalue weighted by Gasteiger charge is 2.15. The third-order valence-corrected chi connectivity index (χ3v) is 3.35. The number of unbranched alkanes of at least 4 members (excludes halogenated alkanes) is 1. The van der Waals surface area contributed by atoms with E-state index in [1.807, 2.05) is 0 Å². The molecule has 0 bridgehead atoms. The van der Waals surface area contributed by atoms with Crippen molar-refractivity contribution in [2.24, 2.45) is 0 Å². The van der Waals surface area contributed by atoms with Crippen LogP contribution in [0.15, 0.2) is 30.3 Å². The number of methoxy groups -OCH3 is 1. The molecule has 0 heterocycles. The van der Waals surface area contributed by atoms with Gasteiger partial charge in [0.05, 0.1) is 6.61 Å². The second kappa shape index (κ2) is 9.12. The van der Waals surface area contributed by atoms with Crippen molar-refractivity contribution in [1.82, 2.24) is 5.32 Å². The Morgan fingerprint density at radius 2 is 1.89 bits per heavy atom. The summed E-state index contributed by atoms with van der Waals surface area (Å²) < 4.78 is 5.27. The van der Waals surface area contributed by atoms with Crippen molar-refractivity contribution in [3.8, 4) is 0 Å². The van der Waals surface area contributed by atoms with Crippen molar-refractivity contribution in [3.05, 3.63) is 35.9 Å². The molecule has 0 aromatic heterocycles. The number of hydrogen-bond donors (Lipinski definition) is 1. The average molecular weight is 249 g/mol. The van der Waals surface area contributed by atoms with Crippen molar-refractivity contribution in [1.29, 1.82) is 0 Å². The first kappa shape index (κ1) is 15.2. The van der Waals surface area contributed by atoms with Gasteiger partial charge in [-0.15, -0.1) is 0 Å². The normalized spacial score (nSPS) is 14.4. The lowest BCUT2D eigenvalue weighted by molar-refractivity contribution is 0.157. The van der Waals surface area contributed by atoms with E-state index in [1.165, 1.54) is 24.8 Å². The maximum atomic E-state index is 5.27. The lowest BCUT2D eigenvalue weighted by atomic mass is 10.00. The van der Waals surface area contributed by atoms with Crippen molar-refractivity contribution >= 4 is 0 Å². The molecule has 0 aliphatic heterocycles. The maximum absolute atomic E-state index is 5.27. The molecular formula is C16H27NO. The number of rotatable bonds is 9. The fourth-order valence-corrected chi connectivity index (χ4v) is 2.21. The van der Waals surface area contributed by atoms with E-state index in [0.29, 0.717) is 12.1 Å². The molecule has 1 N–H and O–H groups in total. The van der Waals surface area contributed by atoms with Crippen LogP contribution in [0.25, 0.3) is 0 Å². The Bertz CT molecular complexity index is 299. The molecule has 0 spiro atoms. The largest absolute Gasteiger partial charge is 0.383 e. The second-order valence-electron chi connectivity index (χ2n) is 4.83. The average Bonchev–Trinajstić information content (AvgIpc) is 2.43. The van der Waals surface area contributed by atoms with E-state index in [9.17, 15) is 0 Å². The van der Waals surface area contributed by atoms with Crippen LogP contribution in [0, 0.1) is 0 Å². The smallest absolute Gasteiger partial charge is 0.0615 e. The Kier molecular flexibility index (Phi) is 7.70. The van der Waals surface area contributed by atoms with Gasteiger partial charge in [0.25, 0.3) is 0 Å². The second-order valence-corrected chi connectivity index (χ2v) is 4.83. The molecule has 18 heavy (non-hydrogen) atoms. The van der Waals surface area contributed by atoms with Gasteiger partial charge in [0, 0.05) is 19.2 Å². The van der Waals surface area contributed by atoms with Gasteiger partial charge in [0.1, 0.15) is 0 Å². The molecular weight excluding hydrogens is 222 g/mol. The Morgan fingerprint density at radius 1 is 1.17 bits per heavy atom. The first-order valence-electron chi connectivity index (χ1n) is 7.11. The van der Waals surface area contributed by atoms with Gasteiger partial charge in [0.15, 0.2) is 0 Å². The van der Waals surface area contributed by atoms with Crippen LogP contribution in [0.5, 0.6) is 0 Å². The minimum absolute atomic E-state index is 0.442. The van der Waals surface area contributed by atoms with Crippen LogP contribution in [0.1, 0.15) is 51.1 Å². The first-order chi connectivity index (χ1) is 8.81. The quantitative estimate of drug-likeness (QED) is 0.716. The summed E-state index contributed by atoms with van der Waals surface area (Å²) in [6, 6.07) is 11.6. The Labute approximate surface area is 112 Å². The van der Waals surface area contributed by atoms with Gasteiger partial charge in [0.2, 0.25) is 0 Å². The number of nitrogens with one attached hydrogen (secondary N) is 1. The first-order valence-corrected chi connectivity index (χ1v) is 7.11. The van der Waals surface area contributed by atoms with Crippen LogP contribution in [0.3, 0.4) is 0 Å². The van der Waals surface area contributed by atoms with Crippen LogP contribution >= 0.6 is 0 Å². The molecule has 102 valence electrons. The van der Waals surface area contributed by atoms with Gasteiger partial charge >= 0.3 is 0 Å². The highest BCUT2D eigenvalue weighted by molar-refractivity contribution is 5.19. The Morgan fingerprint density at radius 3 is 2.44 bits per heavy atom. The van der Waals surface area contributed by atoms with Gasteiger partial charge in [-0.25, -0.2) is 0 Å². The monoisotopic (exact) mass is 249 g/mol. The van der Waals surface area contributed by atoms with E-state index in [-0.39, 0.29) is 0 Å². The minimum atomic E-state index is 0.442. The van der Waals surface area contributed by atoms with Crippen molar-refractivity contribution in [3.63, 3.8) is 0 Å². The van der Waals surface area contributed by atoms with Crippen LogP contribution in [0.4, 0.5) is 0 Å². The highest BCUT2D eigenvalue weighted by atomic mass is 16.5. The molecule has 0 radical (unpaired) electrons. The van der Waals surface area contributed by atoms with Crippen molar-refractivity contribution in [2.75, 3.05) is 13.7 Å². The van der Waals surface area contributed by atoms with Gasteiger partial charge in [-0.1, -0.05) is 57.0 Å². The molecule has 1 aromatic carbocycles. The topological polar surface area (TPSA) is 21.3 Å². The van der Waals surface area contributed by atoms with Crippen molar-refractivity contribution < 1.29 is 4.74 Å². The SMILES string of the molecule is CCCCC(NC(CC)COC)c1ccccc1. The van der Waals surface area contributed by atoms with E-state index in [2.05, 4.69) is 49.5 Å². The molecule has 0 aliphatic rings. The summed E-state index contributed by atoms with van der Waals surface area (Å²) in [5.74, 6) is 0. The van der Waals surface area contributed by atoms with Crippen LogP contribution < -0.4 is 5.32 Å². The van der Waals surface area contributed by atoms with Gasteiger partial charge in [-0.3, -0.25) is 0 Å². The van der Waals surface area contributed by atoms with E-state index in [1.54, 1.807) is 7.11 Å². The van der Waals surface area contributed by atoms with E-state index in [0.717, 1.165) is 13.0 Å². The number of hydrogen-bond acceptors (Lipinski definition) is 2. The van der Waals surface area contributed by atoms with Crippen LogP contribution in [-0.4, -0.2) is 19.8 Å². The summed E-state index contributed by atoms with van der Waals surface area (Å²) in [6.07, 6.45) is 4.80. The summed E-state index contributed by atoms with van der Waals surface area (Å²) in [4.78, 5) is 0. The molecule has 1 rings (SSSR count). The molecule has 0 fully saturated rings. The molecule has 2 unspecified atom stereocenters. The summed E-state index contributed by atoms with van der Waals surface area (Å²) in [6.45, 7) is 5.24. The minimum Gasteiger partial charge on any atom is -0.383 e. The predicted molar refractivity (Wildman–Crippen MR) is 77.8 cm³/mol. The molecule has 0 aliphatic carbocycles. The lowest BCUT2D eigenvalue weighted by Crippen LogP contribution is -2.35. The van der Waals surface area contributed by atoms with Crippen molar-refractivity contribution in [2.45, 2.75) is 51.6 Å². The fourth-order valence-electron chi connectivity index (χ4n) is 2.21. The third kappa shape index (κ3) is 5.19. The summed E-state index contributed by atoms with van der Waals surface area (Å²) in [7, 11) is 1.77. The van der Waals surface area contributed by atoms with Crippen LogP contribution in [0.2, 0.25) is 0 Å². The lowest BCUT2D eigenvalue weighted by Gasteiger charge is -2.25. The number of ether oxygens (including phenoxy) is 1. The predicted octanol–water partition coefficient (Wildman–Crippen LogP) is 3.93. The standard InChI is InChI=1S/C16H27NO/c1-4-6-12-16(14-10-8-7-9-11-14)17-15(5-2)13-18-3/h7-11,15-17H,4-6,12-13H2,1-3H3. The highest BCUT2D eigenvalue weighted by Crippen LogP contribution is 2.20. The van der Waals surface area contributed by atoms with E-state index < -0.39 is 0 Å². The zero-order valence-electron chi connectivity index (χ0n) is 12.0. The Hall–Kier alpha value is -0.860. The molecule has 0 saturated heterocycles. The van der Waals surface area contributed by atoms with Gasteiger partial charge < -0.3 is 10.1 Å². The fraction of sp³-hybridized carbons (Fsp3) is 0.625. The molecule has 0 saturated carbocycles. The van der Waals surface area contributed by atoms with E-state index in [4.69, 9.17) is 4.74 Å². The molecule has 0 amide bonds. The number of benzene rings is 1. The van der Waals surface area contributed by atoms with Gasteiger partial charge in [-0.2, -0.15) is 0 Å². The van der Waals surface area contributed by atoms with E-state index >= 15 is 0 Å². The summed E-state index contributed by atoms with van der Waals surface area (Å²) in [5, 5.41) is 3.73. The zero-order valence-corrected chi connectivity index (χ0v) is 12.0. The molecule has 2 nitrogen and oxygen atoms in total. The molecule has 2 atom stereocenters. The summed E-state index contributed by atoms with van der Waals surface area (Å²) in [5.41, 5.74) is 1.39. The van der Waals surface area contributed by atoms with Gasteiger partial charge in [-0.05, 0) is 18.4 Å². The molecule has 1 aromatic rings.